The van der Waals surface area contributed by atoms with Crippen molar-refractivity contribution in [1.82, 2.24) is 14.8 Å². The number of hydrogen-bond acceptors (Lipinski definition) is 4. The molecule has 1 aliphatic rings. The second-order valence-electron chi connectivity index (χ2n) is 12.6. The smallest absolute Gasteiger partial charge is 0.335 e. The zero-order chi connectivity index (χ0) is 29.9. The van der Waals surface area contributed by atoms with Gasteiger partial charge >= 0.3 is 11.9 Å². The van der Waals surface area contributed by atoms with Gasteiger partial charge in [-0.25, -0.2) is 0 Å². The molecule has 1 aromatic heterocycles. The zero-order valence-corrected chi connectivity index (χ0v) is 25.4. The van der Waals surface area contributed by atoms with Gasteiger partial charge in [0.05, 0.1) is 6.04 Å². The summed E-state index contributed by atoms with van der Waals surface area (Å²) in [5, 5.41) is 0. The molecule has 1 aliphatic heterocycles. The number of carbonyl (C=O) groups is 2. The Kier molecular flexibility index (Phi) is 8.66. The minimum absolute atomic E-state index is 0.0699. The quantitative estimate of drug-likeness (QED) is 0.413. The number of nitrogens with two attached hydrogens (primary N) is 1. The largest absolute Gasteiger partial charge is 0.352 e. The third-order valence-corrected chi connectivity index (χ3v) is 8.16. The van der Waals surface area contributed by atoms with Crippen LogP contribution in [-0.4, -0.2) is 39.6 Å². The fourth-order valence-corrected chi connectivity index (χ4v) is 5.51. The second-order valence-corrected chi connectivity index (χ2v) is 12.6. The standard InChI is InChI=1S/C34H43N5O2/c1-23(2)15-18-34(27-11-9-8-10-12-27)31(41)39(32(35)37-34)22-25-13-14-29(33(4,5)6)28(21-25)30(40)38(7)24(3)26-16-19-36-20-17-26/h8-14,16-17,19-21,23-24H,15,18,22H2,1-7H3,(H2,35,37)/p+1/t24?,34-/m1/s1. The summed E-state index contributed by atoms with van der Waals surface area (Å²) < 4.78 is 0. The fourth-order valence-electron chi connectivity index (χ4n) is 5.51. The third kappa shape index (κ3) is 6.19. The molecular formula is C34H44N5O2+. The first-order valence-electron chi connectivity index (χ1n) is 14.4. The predicted octanol–water partition coefficient (Wildman–Crippen LogP) is 4.28. The summed E-state index contributed by atoms with van der Waals surface area (Å²) in [5.41, 5.74) is 9.70. The summed E-state index contributed by atoms with van der Waals surface area (Å²) in [6.07, 6.45) is 4.98. The Morgan fingerprint density at radius 2 is 1.71 bits per heavy atom. The lowest BCUT2D eigenvalue weighted by Crippen LogP contribution is -2.85. The minimum Gasteiger partial charge on any atom is -0.335 e. The Morgan fingerprint density at radius 3 is 2.32 bits per heavy atom. The summed E-state index contributed by atoms with van der Waals surface area (Å²) in [4.78, 5) is 39.0. The van der Waals surface area contributed by atoms with E-state index in [1.165, 1.54) is 0 Å². The molecular weight excluding hydrogens is 510 g/mol. The Morgan fingerprint density at radius 1 is 1.05 bits per heavy atom. The first kappa shape index (κ1) is 30.0. The molecule has 2 heterocycles. The van der Waals surface area contributed by atoms with Crippen molar-refractivity contribution in [3.8, 4) is 0 Å². The molecule has 2 atom stereocenters. The van der Waals surface area contributed by atoms with Crippen LogP contribution < -0.4 is 10.7 Å². The van der Waals surface area contributed by atoms with Crippen LogP contribution in [0.1, 0.15) is 93.0 Å². The molecule has 0 bridgehead atoms. The molecule has 3 N–H and O–H groups in total. The van der Waals surface area contributed by atoms with Gasteiger partial charge in [-0.2, -0.15) is 4.90 Å². The van der Waals surface area contributed by atoms with Crippen LogP contribution in [-0.2, 0) is 22.3 Å². The lowest BCUT2D eigenvalue weighted by molar-refractivity contribution is -0.540. The van der Waals surface area contributed by atoms with E-state index < -0.39 is 5.54 Å². The normalized spacial score (nSPS) is 18.0. The van der Waals surface area contributed by atoms with Crippen LogP contribution in [0.15, 0.2) is 73.1 Å². The second kappa shape index (κ2) is 11.9. The molecule has 1 unspecified atom stereocenters. The van der Waals surface area contributed by atoms with Crippen LogP contribution in [0.2, 0.25) is 0 Å². The number of nitrogens with zero attached hydrogens (tertiary/aromatic N) is 3. The number of hydrogen-bond donors (Lipinski definition) is 2. The number of guanidine groups is 1. The van der Waals surface area contributed by atoms with Gasteiger partial charge in [-0.1, -0.05) is 77.1 Å². The highest BCUT2D eigenvalue weighted by Gasteiger charge is 2.53. The summed E-state index contributed by atoms with van der Waals surface area (Å²) in [6, 6.07) is 19.5. The van der Waals surface area contributed by atoms with Gasteiger partial charge in [0.2, 0.25) is 5.54 Å². The van der Waals surface area contributed by atoms with E-state index in [-0.39, 0.29) is 29.8 Å². The maximum absolute atomic E-state index is 14.1. The Balaban J connectivity index is 1.68. The highest BCUT2D eigenvalue weighted by molar-refractivity contribution is 6.02. The molecule has 2 aromatic carbocycles. The van der Waals surface area contributed by atoms with Gasteiger partial charge in [0.15, 0.2) is 0 Å². The lowest BCUT2D eigenvalue weighted by atomic mass is 9.82. The van der Waals surface area contributed by atoms with Crippen LogP contribution in [0, 0.1) is 5.92 Å². The van der Waals surface area contributed by atoms with E-state index in [0.717, 1.165) is 28.7 Å². The molecule has 216 valence electrons. The molecule has 0 aliphatic carbocycles. The van der Waals surface area contributed by atoms with Crippen molar-refractivity contribution in [2.75, 3.05) is 7.05 Å². The average Bonchev–Trinajstić information content (AvgIpc) is 3.20. The first-order chi connectivity index (χ1) is 19.3. The van der Waals surface area contributed by atoms with E-state index in [1.54, 1.807) is 22.2 Å². The van der Waals surface area contributed by atoms with Crippen LogP contribution >= 0.6 is 0 Å². The third-order valence-electron chi connectivity index (χ3n) is 8.16. The van der Waals surface area contributed by atoms with E-state index in [0.29, 0.717) is 23.9 Å². The highest BCUT2D eigenvalue weighted by atomic mass is 16.2. The summed E-state index contributed by atoms with van der Waals surface area (Å²) in [5.74, 6) is 0.627. The van der Waals surface area contributed by atoms with Crippen molar-refractivity contribution in [3.63, 3.8) is 0 Å². The number of pyridine rings is 1. The van der Waals surface area contributed by atoms with Crippen molar-refractivity contribution in [2.24, 2.45) is 11.7 Å². The van der Waals surface area contributed by atoms with Crippen molar-refractivity contribution < 1.29 is 14.6 Å². The molecule has 0 saturated carbocycles. The predicted molar refractivity (Wildman–Crippen MR) is 163 cm³/mol. The van der Waals surface area contributed by atoms with Gasteiger partial charge in [0.25, 0.3) is 5.91 Å². The van der Waals surface area contributed by atoms with E-state index >= 15 is 0 Å². The number of carbonyl (C=O) groups excluding carboxylic acids is 2. The Hall–Kier alpha value is -4.00. The van der Waals surface area contributed by atoms with Gasteiger partial charge < -0.3 is 4.90 Å². The number of amides is 2. The molecule has 7 heteroatoms. The molecule has 0 saturated heterocycles. The fraction of sp³-hybridized carbons (Fsp3) is 0.412. The van der Waals surface area contributed by atoms with Gasteiger partial charge in [-0.15, -0.1) is 0 Å². The van der Waals surface area contributed by atoms with Crippen LogP contribution in [0.4, 0.5) is 0 Å². The molecule has 0 radical (unpaired) electrons. The number of benzene rings is 2. The van der Waals surface area contributed by atoms with Gasteiger partial charge in [0.1, 0.15) is 6.54 Å². The van der Waals surface area contributed by atoms with Crippen LogP contribution in [0.3, 0.4) is 0 Å². The summed E-state index contributed by atoms with van der Waals surface area (Å²) >= 11 is 0. The van der Waals surface area contributed by atoms with E-state index in [1.807, 2.05) is 74.6 Å². The van der Waals surface area contributed by atoms with E-state index in [2.05, 4.69) is 44.6 Å². The van der Waals surface area contributed by atoms with Crippen LogP contribution in [0.25, 0.3) is 0 Å². The SMILES string of the molecule is CC(C)CC[C@]1(c2ccccc2)[NH+]=C(N)N(Cc2ccc(C(C)(C)C)c(C(=O)N(C)C(C)c3ccncc3)c2)C1=O. The monoisotopic (exact) mass is 554 g/mol. The molecule has 3 aromatic rings. The lowest BCUT2D eigenvalue weighted by Gasteiger charge is -2.29. The number of rotatable bonds is 9. The van der Waals surface area contributed by atoms with Crippen molar-refractivity contribution in [3.05, 3.63) is 101 Å². The summed E-state index contributed by atoms with van der Waals surface area (Å²) in [7, 11) is 1.83. The Bertz CT molecular complexity index is 1410. The van der Waals surface area contributed by atoms with Gasteiger partial charge in [0, 0.05) is 30.6 Å². The molecule has 0 spiro atoms. The van der Waals surface area contributed by atoms with E-state index in [9.17, 15) is 9.59 Å². The van der Waals surface area contributed by atoms with Gasteiger partial charge in [-0.05, 0) is 66.0 Å². The maximum Gasteiger partial charge on any atom is 0.352 e. The maximum atomic E-state index is 14.1. The zero-order valence-electron chi connectivity index (χ0n) is 25.4. The average molecular weight is 555 g/mol. The van der Waals surface area contributed by atoms with E-state index in [4.69, 9.17) is 5.73 Å². The topological polar surface area (TPSA) is 93.5 Å². The van der Waals surface area contributed by atoms with Crippen molar-refractivity contribution in [2.45, 2.75) is 77.9 Å². The number of aromatic nitrogens is 1. The molecule has 4 rings (SSSR count). The highest BCUT2D eigenvalue weighted by Crippen LogP contribution is 2.32. The van der Waals surface area contributed by atoms with Crippen LogP contribution in [0.5, 0.6) is 0 Å². The molecule has 2 amide bonds. The molecule has 41 heavy (non-hydrogen) atoms. The summed E-state index contributed by atoms with van der Waals surface area (Å²) in [6.45, 7) is 12.9. The van der Waals surface area contributed by atoms with Crippen molar-refractivity contribution in [1.29, 1.82) is 0 Å². The molecule has 0 fully saturated rings. The number of nitrogens with one attached hydrogen (secondary N) is 1. The van der Waals surface area contributed by atoms with Gasteiger partial charge in [-0.3, -0.25) is 25.3 Å². The molecule has 7 nitrogen and oxygen atoms in total. The first-order valence-corrected chi connectivity index (χ1v) is 14.4. The minimum atomic E-state index is -0.917. The Labute approximate surface area is 244 Å². The van der Waals surface area contributed by atoms with Crippen molar-refractivity contribution >= 4 is 17.8 Å².